The molecule has 0 saturated heterocycles. The van der Waals surface area contributed by atoms with E-state index in [-0.39, 0.29) is 5.69 Å². The van der Waals surface area contributed by atoms with Gasteiger partial charge < -0.3 is 10.1 Å². The number of imidazole rings is 2. The first-order valence-electron chi connectivity index (χ1n) is 4.45. The van der Waals surface area contributed by atoms with Gasteiger partial charge in [0.25, 0.3) is 0 Å². The van der Waals surface area contributed by atoms with E-state index in [1.165, 1.54) is 17.5 Å². The fourth-order valence-corrected chi connectivity index (χ4v) is 2.29. The number of nitrogens with one attached hydrogen (secondary N) is 1. The number of aromatic nitrogens is 4. The zero-order chi connectivity index (χ0) is 11.1. The third kappa shape index (κ3) is 1.29. The Hall–Kier alpha value is -2.15. The van der Waals surface area contributed by atoms with Crippen molar-refractivity contribution in [2.24, 2.45) is 0 Å². The molecule has 0 atom stereocenters. The number of hydrogen-bond donors (Lipinski definition) is 2. The van der Waals surface area contributed by atoms with E-state index in [1.54, 1.807) is 6.20 Å². The lowest BCUT2D eigenvalue weighted by molar-refractivity contribution is 0.0691. The van der Waals surface area contributed by atoms with E-state index >= 15 is 0 Å². The highest BCUT2D eigenvalue weighted by Crippen LogP contribution is 2.25. The number of H-pyrrole nitrogens is 1. The van der Waals surface area contributed by atoms with Crippen LogP contribution in [0, 0.1) is 0 Å². The Labute approximate surface area is 93.2 Å². The fourth-order valence-electron chi connectivity index (χ4n) is 1.39. The summed E-state index contributed by atoms with van der Waals surface area (Å²) in [5.74, 6) is -0.465. The maximum atomic E-state index is 10.7. The lowest BCUT2D eigenvalue weighted by atomic mass is 10.5. The molecule has 0 bridgehead atoms. The van der Waals surface area contributed by atoms with Crippen LogP contribution >= 0.6 is 11.3 Å². The average Bonchev–Trinajstić information content (AvgIpc) is 2.91. The Morgan fingerprint density at radius 1 is 1.50 bits per heavy atom. The van der Waals surface area contributed by atoms with E-state index in [0.29, 0.717) is 5.82 Å². The van der Waals surface area contributed by atoms with Crippen LogP contribution in [0.1, 0.15) is 10.5 Å². The minimum atomic E-state index is -1.01. The molecule has 2 N–H and O–H groups in total. The standard InChI is InChI=1S/C9H6N4O2S/c14-8(15)5-3-11-7(12-5)6-4-13-2-1-10-9(13)16-6/h1-4H,(H,11,12)(H,14,15). The summed E-state index contributed by atoms with van der Waals surface area (Å²) >= 11 is 1.45. The molecule has 6 nitrogen and oxygen atoms in total. The predicted molar refractivity (Wildman–Crippen MR) is 57.6 cm³/mol. The normalized spacial score (nSPS) is 11.0. The van der Waals surface area contributed by atoms with Crippen molar-refractivity contribution in [1.82, 2.24) is 19.4 Å². The summed E-state index contributed by atoms with van der Waals surface area (Å²) in [6.07, 6.45) is 6.70. The Kier molecular flexibility index (Phi) is 1.80. The van der Waals surface area contributed by atoms with Gasteiger partial charge in [0, 0.05) is 18.6 Å². The molecule has 3 heterocycles. The van der Waals surface area contributed by atoms with Gasteiger partial charge in [0.05, 0.1) is 11.1 Å². The van der Waals surface area contributed by atoms with E-state index < -0.39 is 5.97 Å². The minimum absolute atomic E-state index is 0.0843. The highest BCUT2D eigenvalue weighted by atomic mass is 32.1. The second kappa shape index (κ2) is 3.17. The number of carbonyl (C=O) groups is 1. The number of aromatic carboxylic acids is 1. The molecule has 0 fully saturated rings. The Bertz CT molecular complexity index is 637. The number of thiazole rings is 1. The molecule has 0 aliphatic carbocycles. The van der Waals surface area contributed by atoms with Gasteiger partial charge in [-0.25, -0.2) is 14.8 Å². The molecule has 0 radical (unpaired) electrons. The smallest absolute Gasteiger partial charge is 0.353 e. The zero-order valence-electron chi connectivity index (χ0n) is 7.91. The summed E-state index contributed by atoms with van der Waals surface area (Å²) in [7, 11) is 0. The number of carboxylic acids is 1. The van der Waals surface area contributed by atoms with E-state index in [9.17, 15) is 4.79 Å². The number of nitrogens with zero attached hydrogens (tertiary/aromatic N) is 3. The quantitative estimate of drug-likeness (QED) is 0.703. The summed E-state index contributed by atoms with van der Waals surface area (Å²) in [4.78, 5) is 23.3. The minimum Gasteiger partial charge on any atom is -0.477 e. The van der Waals surface area contributed by atoms with Gasteiger partial charge in [-0.3, -0.25) is 4.40 Å². The van der Waals surface area contributed by atoms with Crippen LogP contribution in [-0.2, 0) is 0 Å². The predicted octanol–water partition coefficient (Wildman–Crippen LogP) is 1.48. The molecule has 3 aromatic rings. The van der Waals surface area contributed by atoms with Gasteiger partial charge in [0.1, 0.15) is 11.5 Å². The highest BCUT2D eigenvalue weighted by molar-refractivity contribution is 7.20. The van der Waals surface area contributed by atoms with E-state index in [4.69, 9.17) is 5.11 Å². The van der Waals surface area contributed by atoms with Crippen LogP contribution in [0.2, 0.25) is 0 Å². The number of rotatable bonds is 2. The average molecular weight is 234 g/mol. The third-order valence-electron chi connectivity index (χ3n) is 2.13. The van der Waals surface area contributed by atoms with Gasteiger partial charge in [0.2, 0.25) is 0 Å². The molecule has 0 amide bonds. The molecular formula is C9H6N4O2S. The molecule has 3 rings (SSSR count). The SMILES string of the molecule is O=C(O)c1cnc(-c2cn3ccnc3s2)[nH]1. The Balaban J connectivity index is 2.08. The van der Waals surface area contributed by atoms with Crippen molar-refractivity contribution in [1.29, 1.82) is 0 Å². The van der Waals surface area contributed by atoms with Gasteiger partial charge in [-0.15, -0.1) is 0 Å². The summed E-state index contributed by atoms with van der Waals surface area (Å²) in [6.45, 7) is 0. The van der Waals surface area contributed by atoms with Crippen LogP contribution in [0.4, 0.5) is 0 Å². The first kappa shape index (κ1) is 9.10. The van der Waals surface area contributed by atoms with Crippen LogP contribution in [-0.4, -0.2) is 30.4 Å². The highest BCUT2D eigenvalue weighted by Gasteiger charge is 2.11. The molecule has 3 aromatic heterocycles. The molecule has 0 spiro atoms. The monoisotopic (exact) mass is 234 g/mol. The van der Waals surface area contributed by atoms with Crippen LogP contribution in [0.25, 0.3) is 15.7 Å². The van der Waals surface area contributed by atoms with Crippen molar-refractivity contribution in [3.05, 3.63) is 30.5 Å². The van der Waals surface area contributed by atoms with Gasteiger partial charge in [-0.2, -0.15) is 0 Å². The molecule has 0 saturated carbocycles. The lowest BCUT2D eigenvalue weighted by Crippen LogP contribution is -1.95. The summed E-state index contributed by atoms with van der Waals surface area (Å²) in [6, 6.07) is 0. The Morgan fingerprint density at radius 2 is 2.38 bits per heavy atom. The van der Waals surface area contributed by atoms with Crippen molar-refractivity contribution in [3.8, 4) is 10.7 Å². The lowest BCUT2D eigenvalue weighted by Gasteiger charge is -1.87. The maximum Gasteiger partial charge on any atom is 0.353 e. The van der Waals surface area contributed by atoms with Gasteiger partial charge >= 0.3 is 5.97 Å². The van der Waals surface area contributed by atoms with Crippen molar-refractivity contribution < 1.29 is 9.90 Å². The second-order valence-electron chi connectivity index (χ2n) is 3.16. The van der Waals surface area contributed by atoms with Crippen molar-refractivity contribution in [2.75, 3.05) is 0 Å². The number of fused-ring (bicyclic) bond motifs is 1. The summed E-state index contributed by atoms with van der Waals surface area (Å²) < 4.78 is 1.86. The number of aromatic amines is 1. The van der Waals surface area contributed by atoms with Crippen LogP contribution in [0.5, 0.6) is 0 Å². The molecule has 7 heteroatoms. The largest absolute Gasteiger partial charge is 0.477 e. The Morgan fingerprint density at radius 3 is 3.06 bits per heavy atom. The molecule has 80 valence electrons. The molecular weight excluding hydrogens is 228 g/mol. The van der Waals surface area contributed by atoms with Gasteiger partial charge in [0.15, 0.2) is 4.96 Å². The molecule has 0 unspecified atom stereocenters. The van der Waals surface area contributed by atoms with Crippen LogP contribution in [0.3, 0.4) is 0 Å². The maximum absolute atomic E-state index is 10.7. The summed E-state index contributed by atoms with van der Waals surface area (Å²) in [5.41, 5.74) is 0.0843. The van der Waals surface area contributed by atoms with Crippen molar-refractivity contribution >= 4 is 22.3 Å². The molecule has 0 aliphatic heterocycles. The topological polar surface area (TPSA) is 83.3 Å². The van der Waals surface area contributed by atoms with E-state index in [1.807, 2.05) is 16.8 Å². The fraction of sp³-hybridized carbons (Fsp3) is 0. The van der Waals surface area contributed by atoms with Gasteiger partial charge in [-0.1, -0.05) is 11.3 Å². The molecule has 0 aliphatic rings. The first-order valence-corrected chi connectivity index (χ1v) is 5.27. The van der Waals surface area contributed by atoms with Crippen LogP contribution in [0.15, 0.2) is 24.8 Å². The summed E-state index contributed by atoms with van der Waals surface area (Å²) in [5, 5.41) is 8.76. The van der Waals surface area contributed by atoms with E-state index in [2.05, 4.69) is 15.0 Å². The number of carboxylic acid groups (broad SMARTS) is 1. The second-order valence-corrected chi connectivity index (χ2v) is 4.17. The van der Waals surface area contributed by atoms with Crippen molar-refractivity contribution in [2.45, 2.75) is 0 Å². The van der Waals surface area contributed by atoms with E-state index in [0.717, 1.165) is 9.84 Å². The molecule has 0 aromatic carbocycles. The third-order valence-corrected chi connectivity index (χ3v) is 3.15. The zero-order valence-corrected chi connectivity index (χ0v) is 8.73. The van der Waals surface area contributed by atoms with Gasteiger partial charge in [-0.05, 0) is 0 Å². The number of hydrogen-bond acceptors (Lipinski definition) is 4. The van der Waals surface area contributed by atoms with Crippen molar-refractivity contribution in [3.63, 3.8) is 0 Å². The van der Waals surface area contributed by atoms with Crippen LogP contribution < -0.4 is 0 Å². The molecule has 16 heavy (non-hydrogen) atoms. The first-order chi connectivity index (χ1) is 7.74.